The predicted molar refractivity (Wildman–Crippen MR) is 61.4 cm³/mol. The van der Waals surface area contributed by atoms with Gasteiger partial charge in [0.2, 0.25) is 5.54 Å². The van der Waals surface area contributed by atoms with Crippen molar-refractivity contribution in [3.8, 4) is 12.1 Å². The molecule has 1 fully saturated rings. The van der Waals surface area contributed by atoms with Gasteiger partial charge in [-0.2, -0.15) is 10.5 Å². The Hall–Kier alpha value is -1.62. The molecule has 1 aliphatic rings. The van der Waals surface area contributed by atoms with E-state index in [-0.39, 0.29) is 17.3 Å². The monoisotopic (exact) mass is 235 g/mol. The molecule has 0 N–H and O–H groups in total. The van der Waals surface area contributed by atoms with Crippen LogP contribution in [0, 0.1) is 38.7 Å². The van der Waals surface area contributed by atoms with Crippen molar-refractivity contribution in [1.29, 1.82) is 10.5 Å². The highest BCUT2D eigenvalue weighted by atomic mass is 16.6. The van der Waals surface area contributed by atoms with Gasteiger partial charge >= 0.3 is 0 Å². The van der Waals surface area contributed by atoms with E-state index in [2.05, 4.69) is 0 Å². The first-order valence-corrected chi connectivity index (χ1v) is 6.06. The smallest absolute Gasteiger partial charge is 0.226 e. The van der Waals surface area contributed by atoms with E-state index in [1.54, 1.807) is 0 Å². The third kappa shape index (κ3) is 2.94. The second kappa shape index (κ2) is 6.20. The molecule has 0 saturated heterocycles. The molecule has 0 amide bonds. The van der Waals surface area contributed by atoms with E-state index in [1.807, 2.05) is 12.1 Å². The van der Waals surface area contributed by atoms with Gasteiger partial charge in [-0.3, -0.25) is 10.1 Å². The summed E-state index contributed by atoms with van der Waals surface area (Å²) in [5.74, 6) is -0.276. The Balaban J connectivity index is 2.88. The Bertz CT molecular complexity index is 348. The Labute approximate surface area is 101 Å². The third-order valence-corrected chi connectivity index (χ3v) is 3.79. The van der Waals surface area contributed by atoms with Gasteiger partial charge in [0.25, 0.3) is 0 Å². The van der Waals surface area contributed by atoms with Crippen molar-refractivity contribution in [1.82, 2.24) is 0 Å². The maximum atomic E-state index is 11.4. The molecular weight excluding hydrogens is 218 g/mol. The molecule has 17 heavy (non-hydrogen) atoms. The standard InChI is InChI=1S/C12H17N3O2/c13-9-4-5-11(6-10-14)12(15(16)17)7-2-1-3-8-12/h11H,1-8H2/t11-/m1/s1. The van der Waals surface area contributed by atoms with Crippen molar-refractivity contribution in [2.75, 3.05) is 0 Å². The zero-order valence-electron chi connectivity index (χ0n) is 9.89. The Morgan fingerprint density at radius 2 is 1.88 bits per heavy atom. The maximum Gasteiger partial charge on any atom is 0.226 e. The average Bonchev–Trinajstić information content (AvgIpc) is 2.35. The summed E-state index contributed by atoms with van der Waals surface area (Å²) in [4.78, 5) is 11.2. The molecule has 1 rings (SSSR count). The lowest BCUT2D eigenvalue weighted by Gasteiger charge is -2.34. The number of rotatable bonds is 5. The van der Waals surface area contributed by atoms with Gasteiger partial charge in [0.15, 0.2) is 0 Å². The van der Waals surface area contributed by atoms with Crippen LogP contribution in [0.15, 0.2) is 0 Å². The summed E-state index contributed by atoms with van der Waals surface area (Å²) >= 11 is 0. The topological polar surface area (TPSA) is 90.7 Å². The normalized spacial score (nSPS) is 19.9. The van der Waals surface area contributed by atoms with Crippen LogP contribution in [0.1, 0.15) is 51.4 Å². The van der Waals surface area contributed by atoms with Crippen molar-refractivity contribution in [2.24, 2.45) is 5.92 Å². The molecular formula is C12H17N3O2. The lowest BCUT2D eigenvalue weighted by atomic mass is 9.70. The first-order chi connectivity index (χ1) is 8.17. The molecule has 0 aromatic rings. The molecule has 0 aromatic carbocycles. The van der Waals surface area contributed by atoms with Gasteiger partial charge in [0.05, 0.1) is 12.1 Å². The molecule has 0 unspecified atom stereocenters. The van der Waals surface area contributed by atoms with Gasteiger partial charge in [0.1, 0.15) is 0 Å². The van der Waals surface area contributed by atoms with Gasteiger partial charge in [-0.1, -0.05) is 6.42 Å². The summed E-state index contributed by atoms with van der Waals surface area (Å²) in [6.07, 6.45) is 4.79. The van der Waals surface area contributed by atoms with E-state index < -0.39 is 5.54 Å². The van der Waals surface area contributed by atoms with Crippen molar-refractivity contribution in [3.63, 3.8) is 0 Å². The molecule has 92 valence electrons. The molecule has 1 saturated carbocycles. The first-order valence-electron chi connectivity index (χ1n) is 6.06. The fourth-order valence-electron chi connectivity index (χ4n) is 2.81. The Morgan fingerprint density at radius 1 is 1.24 bits per heavy atom. The largest absolute Gasteiger partial charge is 0.264 e. The minimum atomic E-state index is -0.954. The Kier molecular flexibility index (Phi) is 4.90. The van der Waals surface area contributed by atoms with E-state index in [9.17, 15) is 10.1 Å². The quantitative estimate of drug-likeness (QED) is 0.541. The van der Waals surface area contributed by atoms with E-state index in [0.717, 1.165) is 19.3 Å². The Morgan fingerprint density at radius 3 is 2.35 bits per heavy atom. The second-order valence-corrected chi connectivity index (χ2v) is 4.68. The summed E-state index contributed by atoms with van der Waals surface area (Å²) < 4.78 is 0. The van der Waals surface area contributed by atoms with E-state index in [0.29, 0.717) is 25.7 Å². The minimum absolute atomic E-state index is 0.183. The molecule has 0 aliphatic heterocycles. The van der Waals surface area contributed by atoms with Crippen LogP contribution in [0.3, 0.4) is 0 Å². The zero-order chi connectivity index (χ0) is 12.7. The molecule has 0 aromatic heterocycles. The molecule has 0 spiro atoms. The van der Waals surface area contributed by atoms with Crippen LogP contribution in [-0.2, 0) is 0 Å². The summed E-state index contributed by atoms with van der Waals surface area (Å²) in [5, 5.41) is 28.8. The van der Waals surface area contributed by atoms with Crippen LogP contribution in [0.25, 0.3) is 0 Å². The van der Waals surface area contributed by atoms with E-state index in [1.165, 1.54) is 0 Å². The van der Waals surface area contributed by atoms with Crippen molar-refractivity contribution < 1.29 is 4.92 Å². The van der Waals surface area contributed by atoms with E-state index in [4.69, 9.17) is 10.5 Å². The van der Waals surface area contributed by atoms with Gasteiger partial charge < -0.3 is 0 Å². The first kappa shape index (κ1) is 13.4. The highest BCUT2D eigenvalue weighted by molar-refractivity contribution is 4.95. The zero-order valence-corrected chi connectivity index (χ0v) is 9.89. The van der Waals surface area contributed by atoms with Crippen LogP contribution in [0.4, 0.5) is 0 Å². The van der Waals surface area contributed by atoms with Crippen LogP contribution in [0.5, 0.6) is 0 Å². The van der Waals surface area contributed by atoms with Gasteiger partial charge in [0, 0.05) is 36.5 Å². The van der Waals surface area contributed by atoms with Gasteiger partial charge in [-0.15, -0.1) is 0 Å². The summed E-state index contributed by atoms with van der Waals surface area (Å²) in [5.41, 5.74) is -0.954. The van der Waals surface area contributed by atoms with Crippen molar-refractivity contribution >= 4 is 0 Å². The molecule has 0 bridgehead atoms. The molecule has 1 aliphatic carbocycles. The van der Waals surface area contributed by atoms with Gasteiger partial charge in [-0.05, 0) is 19.3 Å². The molecule has 0 radical (unpaired) electrons. The highest BCUT2D eigenvalue weighted by Crippen LogP contribution is 2.40. The minimum Gasteiger partial charge on any atom is -0.264 e. The van der Waals surface area contributed by atoms with Crippen LogP contribution < -0.4 is 0 Å². The van der Waals surface area contributed by atoms with Gasteiger partial charge in [-0.25, -0.2) is 0 Å². The van der Waals surface area contributed by atoms with Crippen molar-refractivity contribution in [2.45, 2.75) is 56.9 Å². The lowest BCUT2D eigenvalue weighted by Crippen LogP contribution is -2.47. The fraction of sp³-hybridized carbons (Fsp3) is 0.833. The molecule has 5 heteroatoms. The average molecular weight is 235 g/mol. The number of hydrogen-bond donors (Lipinski definition) is 0. The summed E-state index contributed by atoms with van der Waals surface area (Å²) in [6.45, 7) is 0. The fourth-order valence-corrected chi connectivity index (χ4v) is 2.81. The van der Waals surface area contributed by atoms with Crippen molar-refractivity contribution in [3.05, 3.63) is 10.1 Å². The number of hydrogen-bond acceptors (Lipinski definition) is 4. The second-order valence-electron chi connectivity index (χ2n) is 4.68. The number of nitro groups is 1. The van der Waals surface area contributed by atoms with E-state index >= 15 is 0 Å². The predicted octanol–water partition coefficient (Wildman–Crippen LogP) is 2.80. The molecule has 5 nitrogen and oxygen atoms in total. The maximum absolute atomic E-state index is 11.4. The molecule has 1 atom stereocenters. The summed E-state index contributed by atoms with van der Waals surface area (Å²) in [6, 6.07) is 4.06. The third-order valence-electron chi connectivity index (χ3n) is 3.79. The van der Waals surface area contributed by atoms with Crippen LogP contribution >= 0.6 is 0 Å². The number of nitriles is 2. The number of nitrogens with zero attached hydrogens (tertiary/aromatic N) is 3. The van der Waals surface area contributed by atoms with Crippen LogP contribution in [-0.4, -0.2) is 10.5 Å². The highest BCUT2D eigenvalue weighted by Gasteiger charge is 2.50. The SMILES string of the molecule is N#CCC[C@H](CC#N)C1([N+](=O)[O-])CCCCC1. The van der Waals surface area contributed by atoms with Crippen LogP contribution in [0.2, 0.25) is 0 Å². The lowest BCUT2D eigenvalue weighted by molar-refractivity contribution is -0.586. The summed E-state index contributed by atoms with van der Waals surface area (Å²) in [7, 11) is 0. The molecule has 0 heterocycles.